The van der Waals surface area contributed by atoms with Gasteiger partial charge in [-0.05, 0) is 24.3 Å². The molecule has 1 aromatic heterocycles. The van der Waals surface area contributed by atoms with Crippen LogP contribution in [0, 0.1) is 0 Å². The molecule has 4 rings (SSSR count). The predicted octanol–water partition coefficient (Wildman–Crippen LogP) is 3.92. The van der Waals surface area contributed by atoms with Gasteiger partial charge in [-0.15, -0.1) is 11.8 Å². The number of thioether (sulfide) groups is 1. The van der Waals surface area contributed by atoms with E-state index in [0.29, 0.717) is 0 Å². The van der Waals surface area contributed by atoms with Crippen LogP contribution < -0.4 is 4.90 Å². The van der Waals surface area contributed by atoms with E-state index in [-0.39, 0.29) is 5.91 Å². The Balaban J connectivity index is 1.81. The normalized spacial score (nSPS) is 14.2. The van der Waals surface area contributed by atoms with Crippen LogP contribution in [0.3, 0.4) is 0 Å². The monoisotopic (exact) mass is 294 g/mol. The third-order valence-electron chi connectivity index (χ3n) is 3.79. The molecule has 1 amide bonds. The van der Waals surface area contributed by atoms with E-state index < -0.39 is 0 Å². The number of hydrogen-bond acceptors (Lipinski definition) is 2. The first-order valence-corrected chi connectivity index (χ1v) is 7.93. The number of fused-ring (bicyclic) bond motifs is 2. The Bertz CT molecular complexity index is 824. The maximum Gasteiger partial charge on any atom is 0.260 e. The molecule has 3 aromatic rings. The summed E-state index contributed by atoms with van der Waals surface area (Å²) < 4.78 is 0. The molecule has 0 bridgehead atoms. The smallest absolute Gasteiger partial charge is 0.260 e. The van der Waals surface area contributed by atoms with E-state index in [2.05, 4.69) is 11.1 Å². The third kappa shape index (κ3) is 2.03. The van der Waals surface area contributed by atoms with E-state index in [4.69, 9.17) is 0 Å². The number of H-pyrrole nitrogens is 1. The van der Waals surface area contributed by atoms with Crippen LogP contribution in [0.4, 0.5) is 5.69 Å². The first-order valence-electron chi connectivity index (χ1n) is 6.94. The fraction of sp³-hybridized carbons (Fsp3) is 0.118. The highest BCUT2D eigenvalue weighted by Gasteiger charge is 2.24. The number of nitrogens with zero attached hydrogens (tertiary/aromatic N) is 1. The van der Waals surface area contributed by atoms with Crippen LogP contribution in [0.15, 0.2) is 59.6 Å². The van der Waals surface area contributed by atoms with E-state index in [1.807, 2.05) is 65.3 Å². The van der Waals surface area contributed by atoms with Gasteiger partial charge in [0.25, 0.3) is 5.91 Å². The molecule has 0 spiro atoms. The quantitative estimate of drug-likeness (QED) is 0.738. The molecule has 0 atom stereocenters. The van der Waals surface area contributed by atoms with Crippen molar-refractivity contribution in [2.45, 2.75) is 4.90 Å². The van der Waals surface area contributed by atoms with Crippen molar-refractivity contribution in [2.75, 3.05) is 17.2 Å². The Hall–Kier alpha value is -2.20. The summed E-state index contributed by atoms with van der Waals surface area (Å²) in [6.07, 6.45) is 1.88. The lowest BCUT2D eigenvalue weighted by Crippen LogP contribution is -2.35. The minimum Gasteiger partial charge on any atom is -0.361 e. The highest BCUT2D eigenvalue weighted by Crippen LogP contribution is 2.35. The van der Waals surface area contributed by atoms with Crippen molar-refractivity contribution in [1.29, 1.82) is 0 Å². The summed E-state index contributed by atoms with van der Waals surface area (Å²) in [5, 5.41) is 1.07. The van der Waals surface area contributed by atoms with Crippen LogP contribution in [-0.4, -0.2) is 23.2 Å². The van der Waals surface area contributed by atoms with Gasteiger partial charge in [0.2, 0.25) is 0 Å². The summed E-state index contributed by atoms with van der Waals surface area (Å²) in [6.45, 7) is 0.748. The molecule has 0 unspecified atom stereocenters. The largest absolute Gasteiger partial charge is 0.361 e. The number of rotatable bonds is 1. The van der Waals surface area contributed by atoms with E-state index in [0.717, 1.165) is 34.5 Å². The number of hydrogen-bond donors (Lipinski definition) is 1. The van der Waals surface area contributed by atoms with Crippen molar-refractivity contribution in [2.24, 2.45) is 0 Å². The number of amides is 1. The van der Waals surface area contributed by atoms with Crippen LogP contribution in [0.1, 0.15) is 10.4 Å². The lowest BCUT2D eigenvalue weighted by molar-refractivity contribution is 0.0989. The third-order valence-corrected chi connectivity index (χ3v) is 4.83. The SMILES string of the molecule is O=C(c1cccc2cc[nH]c12)N1CCSc2ccccc21. The van der Waals surface area contributed by atoms with E-state index in [1.54, 1.807) is 0 Å². The van der Waals surface area contributed by atoms with Crippen molar-refractivity contribution in [3.63, 3.8) is 0 Å². The molecule has 1 aliphatic heterocycles. The van der Waals surface area contributed by atoms with Gasteiger partial charge >= 0.3 is 0 Å². The fourth-order valence-electron chi connectivity index (χ4n) is 2.79. The van der Waals surface area contributed by atoms with Crippen molar-refractivity contribution >= 4 is 34.3 Å². The average Bonchev–Trinajstić information content (AvgIpc) is 3.02. The van der Waals surface area contributed by atoms with Gasteiger partial charge in [0.05, 0.1) is 16.8 Å². The first kappa shape index (κ1) is 12.5. The fourth-order valence-corrected chi connectivity index (χ4v) is 3.78. The molecule has 0 saturated carbocycles. The van der Waals surface area contributed by atoms with Crippen molar-refractivity contribution in [3.8, 4) is 0 Å². The minimum absolute atomic E-state index is 0.0656. The number of carbonyl (C=O) groups is 1. The van der Waals surface area contributed by atoms with Gasteiger partial charge in [0.15, 0.2) is 0 Å². The molecule has 4 heteroatoms. The highest BCUT2D eigenvalue weighted by molar-refractivity contribution is 7.99. The Morgan fingerprint density at radius 3 is 2.95 bits per heavy atom. The summed E-state index contributed by atoms with van der Waals surface area (Å²) in [5.74, 6) is 1.000. The number of anilines is 1. The van der Waals surface area contributed by atoms with Gasteiger partial charge < -0.3 is 9.88 Å². The maximum atomic E-state index is 13.0. The standard InChI is InChI=1S/C17H14N2OS/c20-17(13-5-3-4-12-8-9-18-16(12)13)19-10-11-21-15-7-2-1-6-14(15)19/h1-9,18H,10-11H2. The van der Waals surface area contributed by atoms with Crippen LogP contribution in [0.25, 0.3) is 10.9 Å². The summed E-state index contributed by atoms with van der Waals surface area (Å²) in [6, 6.07) is 15.9. The summed E-state index contributed by atoms with van der Waals surface area (Å²) in [5.41, 5.74) is 2.67. The summed E-state index contributed by atoms with van der Waals surface area (Å²) >= 11 is 1.81. The molecule has 0 fully saturated rings. The second kappa shape index (κ2) is 4.97. The molecule has 104 valence electrons. The van der Waals surface area contributed by atoms with Gasteiger partial charge in [-0.1, -0.05) is 24.3 Å². The molecule has 0 radical (unpaired) electrons. The molecule has 2 aromatic carbocycles. The van der Waals surface area contributed by atoms with Crippen molar-refractivity contribution in [3.05, 3.63) is 60.3 Å². The van der Waals surface area contributed by atoms with Crippen molar-refractivity contribution in [1.82, 2.24) is 4.98 Å². The van der Waals surface area contributed by atoms with Crippen molar-refractivity contribution < 1.29 is 4.79 Å². The van der Waals surface area contributed by atoms with E-state index >= 15 is 0 Å². The Kier molecular flexibility index (Phi) is 2.97. The Morgan fingerprint density at radius 1 is 1.10 bits per heavy atom. The molecule has 1 N–H and O–H groups in total. The number of nitrogens with one attached hydrogen (secondary N) is 1. The zero-order valence-electron chi connectivity index (χ0n) is 11.4. The molecular weight excluding hydrogens is 280 g/mol. The topological polar surface area (TPSA) is 36.1 Å². The van der Waals surface area contributed by atoms with Gasteiger partial charge in [-0.25, -0.2) is 0 Å². The molecule has 1 aliphatic rings. The Morgan fingerprint density at radius 2 is 2.00 bits per heavy atom. The molecule has 2 heterocycles. The maximum absolute atomic E-state index is 13.0. The lowest BCUT2D eigenvalue weighted by Gasteiger charge is -2.29. The van der Waals surface area contributed by atoms with E-state index in [1.165, 1.54) is 4.90 Å². The molecular formula is C17H14N2OS. The lowest BCUT2D eigenvalue weighted by atomic mass is 10.1. The van der Waals surface area contributed by atoms with Gasteiger partial charge in [-0.2, -0.15) is 0 Å². The Labute approximate surface area is 127 Å². The minimum atomic E-state index is 0.0656. The number of benzene rings is 2. The first-order chi connectivity index (χ1) is 10.3. The van der Waals surface area contributed by atoms with Crippen LogP contribution >= 0.6 is 11.8 Å². The van der Waals surface area contributed by atoms with Gasteiger partial charge in [-0.3, -0.25) is 4.79 Å². The van der Waals surface area contributed by atoms with E-state index in [9.17, 15) is 4.79 Å². The predicted molar refractivity (Wildman–Crippen MR) is 87.1 cm³/mol. The zero-order valence-corrected chi connectivity index (χ0v) is 12.2. The second-order valence-corrected chi connectivity index (χ2v) is 6.16. The number of carbonyl (C=O) groups excluding carboxylic acids is 1. The number of para-hydroxylation sites is 2. The van der Waals surface area contributed by atoms with Gasteiger partial charge in [0.1, 0.15) is 0 Å². The molecule has 0 saturated heterocycles. The number of aromatic nitrogens is 1. The summed E-state index contributed by atoms with van der Waals surface area (Å²) in [4.78, 5) is 19.2. The number of aromatic amines is 1. The molecule has 0 aliphatic carbocycles. The second-order valence-electron chi connectivity index (χ2n) is 5.02. The summed E-state index contributed by atoms with van der Waals surface area (Å²) in [7, 11) is 0. The van der Waals surface area contributed by atoms with Crippen LogP contribution in [-0.2, 0) is 0 Å². The van der Waals surface area contributed by atoms with Gasteiger partial charge in [0, 0.05) is 28.8 Å². The highest BCUT2D eigenvalue weighted by atomic mass is 32.2. The van der Waals surface area contributed by atoms with Crippen LogP contribution in [0.2, 0.25) is 0 Å². The zero-order chi connectivity index (χ0) is 14.2. The average molecular weight is 294 g/mol. The molecule has 21 heavy (non-hydrogen) atoms. The molecule has 3 nitrogen and oxygen atoms in total. The van der Waals surface area contributed by atoms with Crippen LogP contribution in [0.5, 0.6) is 0 Å².